The Kier molecular flexibility index (Phi) is 10.7. The summed E-state index contributed by atoms with van der Waals surface area (Å²) in [6, 6.07) is 19.9. The van der Waals surface area contributed by atoms with Crippen LogP contribution < -0.4 is 30.3 Å². The Bertz CT molecular complexity index is 1540. The van der Waals surface area contributed by atoms with E-state index < -0.39 is 17.9 Å². The molecule has 0 spiro atoms. The van der Waals surface area contributed by atoms with E-state index in [2.05, 4.69) is 21.2 Å². The van der Waals surface area contributed by atoms with E-state index in [9.17, 15) is 9.59 Å². The standard InChI is InChI=1S/C32H34N4O6S/c1-5-40-31(38)29-21(3)34-32(43)35-30(29)24-8-6-7-9-25(24)42-19-28(37)36-33-17-23-14-15-26(27(16-23)39-4)41-18-22-12-10-20(2)11-13-22/h6-17,30H,5,18-19H2,1-4H3,(H,36,37)(H2,34,35,43)/t30-/m0/s1. The molecule has 0 saturated heterocycles. The number of aryl methyl sites for hydroxylation is 1. The molecule has 1 aliphatic heterocycles. The van der Waals surface area contributed by atoms with Crippen molar-refractivity contribution in [3.8, 4) is 17.2 Å². The number of rotatable bonds is 12. The number of hydrazone groups is 1. The van der Waals surface area contributed by atoms with Gasteiger partial charge in [0.05, 0.1) is 31.5 Å². The Morgan fingerprint density at radius 1 is 1.00 bits per heavy atom. The van der Waals surface area contributed by atoms with Crippen molar-refractivity contribution in [2.75, 3.05) is 20.3 Å². The number of hydrogen-bond donors (Lipinski definition) is 3. The lowest BCUT2D eigenvalue weighted by Crippen LogP contribution is -2.45. The molecular weight excluding hydrogens is 568 g/mol. The monoisotopic (exact) mass is 602 g/mol. The summed E-state index contributed by atoms with van der Waals surface area (Å²) in [6.45, 7) is 5.85. The van der Waals surface area contributed by atoms with Crippen LogP contribution in [0.25, 0.3) is 0 Å². The van der Waals surface area contributed by atoms with Gasteiger partial charge in [-0.1, -0.05) is 48.0 Å². The Labute approximate surface area is 256 Å². The Balaban J connectivity index is 1.36. The van der Waals surface area contributed by atoms with E-state index >= 15 is 0 Å². The quantitative estimate of drug-likeness (QED) is 0.119. The molecule has 0 unspecified atom stereocenters. The van der Waals surface area contributed by atoms with E-state index in [1.165, 1.54) is 11.8 Å². The average molecular weight is 603 g/mol. The predicted molar refractivity (Wildman–Crippen MR) is 167 cm³/mol. The number of amides is 1. The van der Waals surface area contributed by atoms with Crippen LogP contribution in [0.15, 0.2) is 83.1 Å². The average Bonchev–Trinajstić information content (AvgIpc) is 3.00. The van der Waals surface area contributed by atoms with Gasteiger partial charge in [-0.3, -0.25) is 4.79 Å². The number of esters is 1. The normalized spacial score (nSPS) is 14.5. The van der Waals surface area contributed by atoms with Gasteiger partial charge in [0, 0.05) is 11.3 Å². The second-order valence-electron chi connectivity index (χ2n) is 9.59. The SMILES string of the molecule is CCOC(=O)C1=C(C)NC(=S)N[C@H]1c1ccccc1OCC(=O)NN=Cc1ccc(OCc2ccc(C)cc2)c(OC)c1. The van der Waals surface area contributed by atoms with E-state index in [-0.39, 0.29) is 13.2 Å². The first-order chi connectivity index (χ1) is 20.8. The molecular formula is C32H34N4O6S. The molecule has 0 saturated carbocycles. The topological polar surface area (TPSA) is 120 Å². The Morgan fingerprint density at radius 2 is 1.77 bits per heavy atom. The summed E-state index contributed by atoms with van der Waals surface area (Å²) in [5.41, 5.74) is 6.98. The van der Waals surface area contributed by atoms with Crippen LogP contribution in [0.5, 0.6) is 17.2 Å². The van der Waals surface area contributed by atoms with E-state index in [0.29, 0.717) is 51.4 Å². The van der Waals surface area contributed by atoms with Gasteiger partial charge in [-0.05, 0) is 68.4 Å². The molecule has 10 nitrogen and oxygen atoms in total. The Morgan fingerprint density at radius 3 is 2.51 bits per heavy atom. The minimum Gasteiger partial charge on any atom is -0.493 e. The van der Waals surface area contributed by atoms with Crippen LogP contribution in [0, 0.1) is 6.92 Å². The number of carbonyl (C=O) groups is 2. The van der Waals surface area contributed by atoms with Crippen LogP contribution in [0.3, 0.4) is 0 Å². The number of hydrogen-bond acceptors (Lipinski definition) is 8. The largest absolute Gasteiger partial charge is 0.493 e. The third-order valence-electron chi connectivity index (χ3n) is 6.46. The fourth-order valence-electron chi connectivity index (χ4n) is 4.34. The van der Waals surface area contributed by atoms with Crippen molar-refractivity contribution >= 4 is 35.4 Å². The van der Waals surface area contributed by atoms with Crippen LogP contribution in [0.4, 0.5) is 0 Å². The van der Waals surface area contributed by atoms with E-state index in [4.69, 9.17) is 31.2 Å². The smallest absolute Gasteiger partial charge is 0.338 e. The first-order valence-corrected chi connectivity index (χ1v) is 14.0. The molecule has 1 heterocycles. The zero-order valence-electron chi connectivity index (χ0n) is 24.4. The fraction of sp³-hybridized carbons (Fsp3) is 0.250. The number of carbonyl (C=O) groups excluding carboxylic acids is 2. The van der Waals surface area contributed by atoms with E-state index in [1.54, 1.807) is 51.3 Å². The van der Waals surface area contributed by atoms with Gasteiger partial charge in [0.25, 0.3) is 5.91 Å². The van der Waals surface area contributed by atoms with Crippen molar-refractivity contribution in [3.63, 3.8) is 0 Å². The van der Waals surface area contributed by atoms with Crippen LogP contribution >= 0.6 is 12.2 Å². The van der Waals surface area contributed by atoms with E-state index in [0.717, 1.165) is 5.56 Å². The number of allylic oxidation sites excluding steroid dienone is 1. The molecule has 1 amide bonds. The summed E-state index contributed by atoms with van der Waals surface area (Å²) in [6.07, 6.45) is 1.50. The van der Waals surface area contributed by atoms with Crippen LogP contribution in [-0.4, -0.2) is 43.5 Å². The second-order valence-corrected chi connectivity index (χ2v) is 10.0. The maximum absolute atomic E-state index is 12.7. The lowest BCUT2D eigenvalue weighted by atomic mass is 9.95. The molecule has 0 aliphatic carbocycles. The summed E-state index contributed by atoms with van der Waals surface area (Å²) in [7, 11) is 1.56. The minimum atomic E-state index is -0.621. The third kappa shape index (κ3) is 8.32. The second kappa shape index (κ2) is 14.8. The van der Waals surface area contributed by atoms with Crippen molar-refractivity contribution < 1.29 is 28.5 Å². The number of para-hydroxylation sites is 1. The number of nitrogens with zero attached hydrogens (tertiary/aromatic N) is 1. The lowest BCUT2D eigenvalue weighted by Gasteiger charge is -2.30. The molecule has 43 heavy (non-hydrogen) atoms. The van der Waals surface area contributed by atoms with Gasteiger partial charge in [-0.25, -0.2) is 10.2 Å². The molecule has 0 radical (unpaired) electrons. The fourth-order valence-corrected chi connectivity index (χ4v) is 4.61. The van der Waals surface area contributed by atoms with Gasteiger partial charge in [0.15, 0.2) is 23.2 Å². The van der Waals surface area contributed by atoms with Gasteiger partial charge in [0.1, 0.15) is 12.4 Å². The van der Waals surface area contributed by atoms with Crippen LogP contribution in [0.2, 0.25) is 0 Å². The Hall–Kier alpha value is -4.90. The van der Waals surface area contributed by atoms with Gasteiger partial charge in [0.2, 0.25) is 0 Å². The molecule has 3 aromatic carbocycles. The summed E-state index contributed by atoms with van der Waals surface area (Å²) in [5.74, 6) is 0.597. The highest BCUT2D eigenvalue weighted by atomic mass is 32.1. The van der Waals surface area contributed by atoms with Crippen molar-refractivity contribution in [2.24, 2.45) is 5.10 Å². The van der Waals surface area contributed by atoms with Gasteiger partial charge >= 0.3 is 5.97 Å². The maximum atomic E-state index is 12.7. The summed E-state index contributed by atoms with van der Waals surface area (Å²) < 4.78 is 22.5. The predicted octanol–water partition coefficient (Wildman–Crippen LogP) is 4.47. The van der Waals surface area contributed by atoms with Gasteiger partial charge in [-0.2, -0.15) is 5.10 Å². The highest BCUT2D eigenvalue weighted by molar-refractivity contribution is 7.80. The number of methoxy groups -OCH3 is 1. The molecule has 3 N–H and O–H groups in total. The highest BCUT2D eigenvalue weighted by Gasteiger charge is 2.32. The first-order valence-electron chi connectivity index (χ1n) is 13.6. The number of benzene rings is 3. The zero-order valence-corrected chi connectivity index (χ0v) is 25.2. The molecule has 3 aromatic rings. The number of ether oxygens (including phenoxy) is 4. The molecule has 224 valence electrons. The molecule has 0 fully saturated rings. The maximum Gasteiger partial charge on any atom is 0.338 e. The number of nitrogens with one attached hydrogen (secondary N) is 3. The molecule has 0 aromatic heterocycles. The molecule has 1 aliphatic rings. The molecule has 1 atom stereocenters. The van der Waals surface area contributed by atoms with Crippen LogP contribution in [-0.2, 0) is 20.9 Å². The van der Waals surface area contributed by atoms with Crippen molar-refractivity contribution in [1.29, 1.82) is 0 Å². The van der Waals surface area contributed by atoms with Gasteiger partial charge in [-0.15, -0.1) is 0 Å². The summed E-state index contributed by atoms with van der Waals surface area (Å²) >= 11 is 5.32. The third-order valence-corrected chi connectivity index (χ3v) is 6.68. The molecule has 11 heteroatoms. The molecule has 4 rings (SSSR count). The summed E-state index contributed by atoms with van der Waals surface area (Å²) in [5, 5.41) is 10.5. The first kappa shape index (κ1) is 31.0. The van der Waals surface area contributed by atoms with Crippen LogP contribution in [0.1, 0.15) is 42.1 Å². The van der Waals surface area contributed by atoms with Crippen molar-refractivity contribution in [3.05, 3.63) is 100 Å². The zero-order chi connectivity index (χ0) is 30.8. The van der Waals surface area contributed by atoms with Crippen molar-refractivity contribution in [1.82, 2.24) is 16.1 Å². The number of thiocarbonyl (C=S) groups is 1. The summed E-state index contributed by atoms with van der Waals surface area (Å²) in [4.78, 5) is 25.3. The minimum absolute atomic E-state index is 0.227. The lowest BCUT2D eigenvalue weighted by molar-refractivity contribution is -0.139. The van der Waals surface area contributed by atoms with Crippen molar-refractivity contribution in [2.45, 2.75) is 33.4 Å². The highest BCUT2D eigenvalue weighted by Crippen LogP contribution is 2.33. The molecule has 0 bridgehead atoms. The van der Waals surface area contributed by atoms with Gasteiger partial charge < -0.3 is 29.6 Å². The van der Waals surface area contributed by atoms with E-state index in [1.807, 2.05) is 43.3 Å².